The average Bonchev–Trinajstić information content (AvgIpc) is 3.28. The Bertz CT molecular complexity index is 1240. The van der Waals surface area contributed by atoms with Crippen molar-refractivity contribution >= 4 is 22.7 Å². The van der Waals surface area contributed by atoms with Crippen molar-refractivity contribution in [2.75, 3.05) is 13.1 Å². The third kappa shape index (κ3) is 4.06. The van der Waals surface area contributed by atoms with E-state index < -0.39 is 0 Å². The van der Waals surface area contributed by atoms with Gasteiger partial charge in [-0.2, -0.15) is 0 Å². The highest BCUT2D eigenvalue weighted by molar-refractivity contribution is 6.04. The van der Waals surface area contributed by atoms with Crippen molar-refractivity contribution in [3.05, 3.63) is 102 Å². The lowest BCUT2D eigenvalue weighted by atomic mass is 9.90. The lowest BCUT2D eigenvalue weighted by Crippen LogP contribution is -2.38. The Labute approximate surface area is 187 Å². The van der Waals surface area contributed by atoms with E-state index in [4.69, 9.17) is 0 Å². The first kappa shape index (κ1) is 20.2. The molecule has 1 aliphatic heterocycles. The van der Waals surface area contributed by atoms with Crippen LogP contribution in [0.5, 0.6) is 0 Å². The van der Waals surface area contributed by atoms with E-state index in [1.807, 2.05) is 35.2 Å². The minimum absolute atomic E-state index is 0.0363. The van der Waals surface area contributed by atoms with E-state index in [9.17, 15) is 9.59 Å². The molecule has 5 heteroatoms. The van der Waals surface area contributed by atoms with Gasteiger partial charge < -0.3 is 4.90 Å². The predicted octanol–water partition coefficient (Wildman–Crippen LogP) is 4.82. The number of benzene rings is 2. The smallest absolute Gasteiger partial charge is 0.262 e. The van der Waals surface area contributed by atoms with E-state index in [1.54, 1.807) is 35.3 Å². The number of aromatic nitrogens is 2. The molecule has 2 aromatic heterocycles. The monoisotopic (exact) mass is 423 g/mol. The van der Waals surface area contributed by atoms with Crippen LogP contribution in [0.2, 0.25) is 0 Å². The van der Waals surface area contributed by atoms with Gasteiger partial charge in [-0.1, -0.05) is 36.4 Å². The van der Waals surface area contributed by atoms with Crippen molar-refractivity contribution in [1.82, 2.24) is 14.5 Å². The molecule has 0 aliphatic carbocycles. The molecule has 5 rings (SSSR count). The molecule has 1 fully saturated rings. The van der Waals surface area contributed by atoms with Crippen LogP contribution in [0.25, 0.3) is 10.9 Å². The summed E-state index contributed by atoms with van der Waals surface area (Å²) in [7, 11) is 0. The van der Waals surface area contributed by atoms with Gasteiger partial charge in [-0.25, -0.2) is 0 Å². The maximum atomic E-state index is 13.2. The molecule has 2 aromatic carbocycles. The van der Waals surface area contributed by atoms with Gasteiger partial charge in [0, 0.05) is 48.2 Å². The number of pyridine rings is 1. The third-order valence-electron chi connectivity index (χ3n) is 6.36. The Morgan fingerprint density at radius 2 is 1.59 bits per heavy atom. The zero-order valence-corrected chi connectivity index (χ0v) is 17.9. The van der Waals surface area contributed by atoms with Gasteiger partial charge in [0.2, 0.25) is 0 Å². The number of hydrogen-bond donors (Lipinski definition) is 0. The van der Waals surface area contributed by atoms with Gasteiger partial charge in [-0.3, -0.25) is 19.1 Å². The SMILES string of the molecule is O=C(c1ccc2ccn(C(=O)c3ccncc3)c2c1)N1CCC(Cc2ccccc2)CC1. The Kier molecular flexibility index (Phi) is 5.55. The van der Waals surface area contributed by atoms with E-state index in [2.05, 4.69) is 29.2 Å². The molecule has 3 heterocycles. The number of nitrogens with zero attached hydrogens (tertiary/aromatic N) is 3. The highest BCUT2D eigenvalue weighted by Crippen LogP contribution is 2.25. The van der Waals surface area contributed by atoms with Crippen molar-refractivity contribution in [3.63, 3.8) is 0 Å². The van der Waals surface area contributed by atoms with Gasteiger partial charge in [0.15, 0.2) is 0 Å². The second-order valence-electron chi connectivity index (χ2n) is 8.43. The third-order valence-corrected chi connectivity index (χ3v) is 6.36. The van der Waals surface area contributed by atoms with E-state index in [-0.39, 0.29) is 11.8 Å². The number of hydrogen-bond acceptors (Lipinski definition) is 3. The second kappa shape index (κ2) is 8.79. The van der Waals surface area contributed by atoms with Gasteiger partial charge in [0.25, 0.3) is 11.8 Å². The molecule has 1 aliphatic rings. The number of rotatable bonds is 4. The number of fused-ring (bicyclic) bond motifs is 1. The van der Waals surface area contributed by atoms with Crippen LogP contribution in [0.1, 0.15) is 39.1 Å². The van der Waals surface area contributed by atoms with Crippen LogP contribution in [0.15, 0.2) is 85.3 Å². The average molecular weight is 424 g/mol. The molecular formula is C27H25N3O2. The van der Waals surface area contributed by atoms with Crippen LogP contribution >= 0.6 is 0 Å². The molecular weight excluding hydrogens is 398 g/mol. The van der Waals surface area contributed by atoms with Crippen molar-refractivity contribution in [2.24, 2.45) is 5.92 Å². The summed E-state index contributed by atoms with van der Waals surface area (Å²) in [6.45, 7) is 1.54. The summed E-state index contributed by atoms with van der Waals surface area (Å²) in [5.41, 5.74) is 3.30. The van der Waals surface area contributed by atoms with E-state index in [0.29, 0.717) is 17.0 Å². The van der Waals surface area contributed by atoms with Gasteiger partial charge in [-0.05, 0) is 61.1 Å². The Morgan fingerprint density at radius 1 is 0.844 bits per heavy atom. The molecule has 0 N–H and O–H groups in total. The van der Waals surface area contributed by atoms with E-state index >= 15 is 0 Å². The predicted molar refractivity (Wildman–Crippen MR) is 125 cm³/mol. The summed E-state index contributed by atoms with van der Waals surface area (Å²) in [6, 6.07) is 21.5. The first-order valence-corrected chi connectivity index (χ1v) is 11.1. The number of carbonyl (C=O) groups excluding carboxylic acids is 2. The summed E-state index contributed by atoms with van der Waals surface area (Å²) in [5, 5.41) is 0.936. The van der Waals surface area contributed by atoms with Crippen molar-refractivity contribution < 1.29 is 9.59 Å². The lowest BCUT2D eigenvalue weighted by molar-refractivity contribution is 0.0690. The van der Waals surface area contributed by atoms with Crippen LogP contribution in [0.4, 0.5) is 0 Å². The van der Waals surface area contributed by atoms with Crippen molar-refractivity contribution in [3.8, 4) is 0 Å². The molecule has 4 aromatic rings. The fraction of sp³-hybridized carbons (Fsp3) is 0.222. The van der Waals surface area contributed by atoms with Gasteiger partial charge >= 0.3 is 0 Å². The standard InChI is InChI=1S/C27H25N3O2/c31-26(29-15-10-21(11-16-29)18-20-4-2-1-3-5-20)24-7-6-22-12-17-30(25(22)19-24)27(32)23-8-13-28-14-9-23/h1-9,12-14,17,19,21H,10-11,15-16,18H2. The zero-order chi connectivity index (χ0) is 21.9. The minimum atomic E-state index is -0.131. The van der Waals surface area contributed by atoms with Crippen LogP contribution in [-0.4, -0.2) is 39.4 Å². The summed E-state index contributed by atoms with van der Waals surface area (Å²) in [6.07, 6.45) is 8.07. The van der Waals surface area contributed by atoms with Crippen LogP contribution in [-0.2, 0) is 6.42 Å². The summed E-state index contributed by atoms with van der Waals surface area (Å²) in [4.78, 5) is 32.1. The van der Waals surface area contributed by atoms with E-state index in [0.717, 1.165) is 43.3 Å². The molecule has 0 bridgehead atoms. The van der Waals surface area contributed by atoms with Crippen molar-refractivity contribution in [2.45, 2.75) is 19.3 Å². The number of carbonyl (C=O) groups is 2. The zero-order valence-electron chi connectivity index (χ0n) is 17.9. The largest absolute Gasteiger partial charge is 0.339 e. The van der Waals surface area contributed by atoms with Crippen LogP contribution in [0.3, 0.4) is 0 Å². The maximum absolute atomic E-state index is 13.2. The molecule has 0 radical (unpaired) electrons. The molecule has 0 atom stereocenters. The maximum Gasteiger partial charge on any atom is 0.262 e. The summed E-state index contributed by atoms with van der Waals surface area (Å²) in [5.74, 6) is 0.516. The Morgan fingerprint density at radius 3 is 2.34 bits per heavy atom. The molecule has 1 saturated heterocycles. The van der Waals surface area contributed by atoms with Crippen LogP contribution < -0.4 is 0 Å². The molecule has 32 heavy (non-hydrogen) atoms. The summed E-state index contributed by atoms with van der Waals surface area (Å²) < 4.78 is 1.60. The molecule has 5 nitrogen and oxygen atoms in total. The van der Waals surface area contributed by atoms with Gasteiger partial charge in [0.1, 0.15) is 0 Å². The highest BCUT2D eigenvalue weighted by Gasteiger charge is 2.24. The fourth-order valence-electron chi connectivity index (χ4n) is 4.54. The lowest BCUT2D eigenvalue weighted by Gasteiger charge is -2.32. The van der Waals surface area contributed by atoms with Gasteiger partial charge in [-0.15, -0.1) is 0 Å². The molecule has 160 valence electrons. The number of amides is 1. The molecule has 0 unspecified atom stereocenters. The van der Waals surface area contributed by atoms with E-state index in [1.165, 1.54) is 5.56 Å². The number of piperidine rings is 1. The van der Waals surface area contributed by atoms with Gasteiger partial charge in [0.05, 0.1) is 5.52 Å². The molecule has 0 saturated carbocycles. The summed E-state index contributed by atoms with van der Waals surface area (Å²) >= 11 is 0. The first-order chi connectivity index (χ1) is 15.7. The quantitative estimate of drug-likeness (QED) is 0.473. The first-order valence-electron chi connectivity index (χ1n) is 11.1. The molecule has 0 spiro atoms. The highest BCUT2D eigenvalue weighted by atomic mass is 16.2. The molecule has 1 amide bonds. The minimum Gasteiger partial charge on any atom is -0.339 e. The normalized spacial score (nSPS) is 14.6. The van der Waals surface area contributed by atoms with Crippen LogP contribution in [0, 0.1) is 5.92 Å². The fourth-order valence-corrected chi connectivity index (χ4v) is 4.54. The Hall–Kier alpha value is -3.73. The van der Waals surface area contributed by atoms with Crippen molar-refractivity contribution in [1.29, 1.82) is 0 Å². The second-order valence-corrected chi connectivity index (χ2v) is 8.43. The Balaban J connectivity index is 1.31. The number of likely N-dealkylation sites (tertiary alicyclic amines) is 1. The topological polar surface area (TPSA) is 55.2 Å².